The largest absolute Gasteiger partial charge is 0.472 e. The maximum Gasteiger partial charge on any atom is 0.472 e. The molecule has 0 aliphatic rings. The van der Waals surface area contributed by atoms with E-state index in [1.165, 1.54) is 257 Å². The van der Waals surface area contributed by atoms with Crippen molar-refractivity contribution in [1.82, 2.24) is 0 Å². The minimum absolute atomic E-state index is 0.107. The van der Waals surface area contributed by atoms with Crippen LogP contribution in [0.5, 0.6) is 0 Å². The van der Waals surface area contributed by atoms with Crippen LogP contribution in [0.15, 0.2) is 0 Å². The molecule has 0 radical (unpaired) electrons. The third-order valence-corrected chi connectivity index (χ3v) is 20.9. The highest BCUT2D eigenvalue weighted by Crippen LogP contribution is 2.45. The van der Waals surface area contributed by atoms with Gasteiger partial charge in [0.15, 0.2) is 12.2 Å². The third-order valence-electron chi connectivity index (χ3n) is 19.0. The van der Waals surface area contributed by atoms with Gasteiger partial charge in [0.25, 0.3) is 0 Å². The number of ether oxygens (including phenoxy) is 4. The number of unbranched alkanes of at least 4 members (excludes halogenated alkanes) is 53. The second-order valence-corrected chi connectivity index (χ2v) is 32.5. The van der Waals surface area contributed by atoms with E-state index in [0.29, 0.717) is 25.7 Å². The average Bonchev–Trinajstić information content (AvgIpc) is 0.993. The van der Waals surface area contributed by atoms with Gasteiger partial charge in [-0.15, -0.1) is 0 Å². The van der Waals surface area contributed by atoms with E-state index < -0.39 is 97.5 Å². The lowest BCUT2D eigenvalue weighted by molar-refractivity contribution is -0.161. The summed E-state index contributed by atoms with van der Waals surface area (Å²) in [7, 11) is -9.91. The molecule has 5 atom stereocenters. The van der Waals surface area contributed by atoms with Crippen molar-refractivity contribution in [3.05, 3.63) is 0 Å². The monoisotopic (exact) mass is 1470 g/mol. The number of aliphatic hydroxyl groups excluding tert-OH is 1. The molecule has 2 unspecified atom stereocenters. The zero-order valence-electron chi connectivity index (χ0n) is 65.3. The molecule has 19 heteroatoms. The molecule has 0 aliphatic heterocycles. The van der Waals surface area contributed by atoms with Crippen molar-refractivity contribution in [2.75, 3.05) is 39.6 Å². The Balaban J connectivity index is 5.18. The highest BCUT2D eigenvalue weighted by Gasteiger charge is 2.30. The maximum atomic E-state index is 13.1. The number of aliphatic hydroxyl groups is 1. The molecule has 0 bridgehead atoms. The molecule has 0 amide bonds. The molecule has 0 aromatic heterocycles. The highest BCUT2D eigenvalue weighted by atomic mass is 31.2. The minimum Gasteiger partial charge on any atom is -0.462 e. The average molecular weight is 1470 g/mol. The molecule has 0 heterocycles. The van der Waals surface area contributed by atoms with Gasteiger partial charge >= 0.3 is 39.5 Å². The van der Waals surface area contributed by atoms with Crippen molar-refractivity contribution in [1.29, 1.82) is 0 Å². The Kier molecular flexibility index (Phi) is 72.5. The van der Waals surface area contributed by atoms with Crippen LogP contribution in [0.2, 0.25) is 0 Å². The topological polar surface area (TPSA) is 237 Å². The predicted octanol–water partition coefficient (Wildman–Crippen LogP) is 24.4. The van der Waals surface area contributed by atoms with Gasteiger partial charge in [-0.1, -0.05) is 381 Å². The molecule has 100 heavy (non-hydrogen) atoms. The summed E-state index contributed by atoms with van der Waals surface area (Å²) >= 11 is 0. The molecule has 0 saturated heterocycles. The summed E-state index contributed by atoms with van der Waals surface area (Å²) in [5.41, 5.74) is 0. The third kappa shape index (κ3) is 74.3. The van der Waals surface area contributed by atoms with Crippen LogP contribution < -0.4 is 0 Å². The molecule has 17 nitrogen and oxygen atoms in total. The second-order valence-electron chi connectivity index (χ2n) is 29.6. The van der Waals surface area contributed by atoms with Gasteiger partial charge in [0, 0.05) is 25.7 Å². The van der Waals surface area contributed by atoms with Crippen LogP contribution >= 0.6 is 15.6 Å². The van der Waals surface area contributed by atoms with E-state index in [1.807, 2.05) is 0 Å². The van der Waals surface area contributed by atoms with Crippen molar-refractivity contribution in [3.8, 4) is 0 Å². The van der Waals surface area contributed by atoms with E-state index in [1.54, 1.807) is 0 Å². The Morgan fingerprint density at radius 1 is 0.270 bits per heavy atom. The fourth-order valence-electron chi connectivity index (χ4n) is 12.6. The summed E-state index contributed by atoms with van der Waals surface area (Å²) in [6.45, 7) is 7.34. The molecule has 594 valence electrons. The smallest absolute Gasteiger partial charge is 0.462 e. The summed E-state index contributed by atoms with van der Waals surface area (Å²) in [5.74, 6) is -1.30. The summed E-state index contributed by atoms with van der Waals surface area (Å²) in [6.07, 6.45) is 65.3. The molecular formula is C81H158O17P2. The zero-order chi connectivity index (χ0) is 73.4. The Hall–Kier alpha value is -1.94. The van der Waals surface area contributed by atoms with Gasteiger partial charge in [-0.25, -0.2) is 9.13 Å². The standard InChI is InChI=1S/C81H158O17P2/c1-6-9-12-15-18-21-23-24-25-26-27-28-29-30-35-38-42-47-52-57-62-67-81(86)98-77(71-92-79(84)65-60-55-50-45-41-37-34-32-31-33-36-40-44-48-53-58-63-74(4)5)73-96-100(89,90)94-69-75(82)68-93-99(87,88)95-72-76(70-91-78(83)64-59-54-49-43-20-17-14-11-8-3)97-80(85)66-61-56-51-46-39-22-19-16-13-10-7-2/h74-77,82H,6-73H2,1-5H3,(H,87,88)(H,89,90)/t75-,76+,77+/m0/s1. The van der Waals surface area contributed by atoms with Gasteiger partial charge in [-0.05, 0) is 31.6 Å². The first kappa shape index (κ1) is 98.1. The van der Waals surface area contributed by atoms with Crippen molar-refractivity contribution < 1.29 is 80.2 Å². The number of hydrogen-bond acceptors (Lipinski definition) is 15. The molecule has 0 rings (SSSR count). The van der Waals surface area contributed by atoms with Gasteiger partial charge in [-0.3, -0.25) is 37.3 Å². The fourth-order valence-corrected chi connectivity index (χ4v) is 14.2. The SMILES string of the molecule is CCCCCCCCCCCCCCCCCCCCCCCC(=O)O[C@H](COC(=O)CCCCCCCCCCCCCCCCCCC(C)C)COP(=O)(O)OC[C@@H](O)COP(=O)(O)OC[C@@H](COC(=O)CCCCCCCCCCC)OC(=O)CCCCCCCCCCCCC. The van der Waals surface area contributed by atoms with Crippen molar-refractivity contribution in [2.45, 2.75) is 451 Å². The Morgan fingerprint density at radius 3 is 0.680 bits per heavy atom. The van der Waals surface area contributed by atoms with E-state index in [4.69, 9.17) is 37.0 Å². The quantitative estimate of drug-likeness (QED) is 0.0222. The van der Waals surface area contributed by atoms with E-state index in [2.05, 4.69) is 34.6 Å². The molecule has 0 fully saturated rings. The number of phosphoric ester groups is 2. The number of rotatable bonds is 81. The first-order chi connectivity index (χ1) is 48.5. The number of carbonyl (C=O) groups excluding carboxylic acids is 4. The van der Waals surface area contributed by atoms with Crippen LogP contribution in [0.1, 0.15) is 433 Å². The van der Waals surface area contributed by atoms with E-state index in [-0.39, 0.29) is 25.7 Å². The number of hydrogen-bond donors (Lipinski definition) is 3. The molecule has 0 spiro atoms. The zero-order valence-corrected chi connectivity index (χ0v) is 67.1. The van der Waals surface area contributed by atoms with E-state index in [9.17, 15) is 43.2 Å². The first-order valence-electron chi connectivity index (χ1n) is 42.1. The van der Waals surface area contributed by atoms with E-state index >= 15 is 0 Å². The van der Waals surface area contributed by atoms with Gasteiger partial charge in [0.1, 0.15) is 19.3 Å². The minimum atomic E-state index is -4.96. The lowest BCUT2D eigenvalue weighted by Crippen LogP contribution is -2.30. The Labute approximate surface area is 613 Å². The van der Waals surface area contributed by atoms with Gasteiger partial charge in [0.05, 0.1) is 26.4 Å². The summed E-state index contributed by atoms with van der Waals surface area (Å²) in [6, 6.07) is 0. The number of phosphoric acid groups is 2. The van der Waals surface area contributed by atoms with Gasteiger partial charge in [-0.2, -0.15) is 0 Å². The number of esters is 4. The van der Waals surface area contributed by atoms with Gasteiger partial charge < -0.3 is 33.8 Å². The summed E-state index contributed by atoms with van der Waals surface area (Å²) in [5, 5.41) is 10.6. The predicted molar refractivity (Wildman–Crippen MR) is 409 cm³/mol. The molecule has 3 N–H and O–H groups in total. The first-order valence-corrected chi connectivity index (χ1v) is 45.1. The molecule has 0 aliphatic carbocycles. The van der Waals surface area contributed by atoms with Crippen LogP contribution in [0.4, 0.5) is 0 Å². The Bertz CT molecular complexity index is 1910. The lowest BCUT2D eigenvalue weighted by Gasteiger charge is -2.21. The van der Waals surface area contributed by atoms with Crippen LogP contribution in [0.25, 0.3) is 0 Å². The second kappa shape index (κ2) is 73.9. The molecular weight excluding hydrogens is 1310 g/mol. The molecule has 0 saturated carbocycles. The number of carbonyl (C=O) groups is 4. The summed E-state index contributed by atoms with van der Waals surface area (Å²) < 4.78 is 68.6. The van der Waals surface area contributed by atoms with Crippen LogP contribution in [0, 0.1) is 5.92 Å². The molecule has 0 aromatic rings. The van der Waals surface area contributed by atoms with Crippen LogP contribution in [-0.4, -0.2) is 96.7 Å². The van der Waals surface area contributed by atoms with Gasteiger partial charge in [0.2, 0.25) is 0 Å². The van der Waals surface area contributed by atoms with Crippen LogP contribution in [0.3, 0.4) is 0 Å². The lowest BCUT2D eigenvalue weighted by atomic mass is 10.0. The van der Waals surface area contributed by atoms with Crippen molar-refractivity contribution in [2.24, 2.45) is 5.92 Å². The van der Waals surface area contributed by atoms with E-state index in [0.717, 1.165) is 95.8 Å². The summed E-state index contributed by atoms with van der Waals surface area (Å²) in [4.78, 5) is 72.9. The van der Waals surface area contributed by atoms with Crippen molar-refractivity contribution >= 4 is 39.5 Å². The van der Waals surface area contributed by atoms with Crippen LogP contribution in [-0.2, 0) is 65.4 Å². The Morgan fingerprint density at radius 2 is 0.460 bits per heavy atom. The van der Waals surface area contributed by atoms with Crippen molar-refractivity contribution in [3.63, 3.8) is 0 Å². The molecule has 0 aromatic carbocycles. The maximum absolute atomic E-state index is 13.1. The fraction of sp³-hybridized carbons (Fsp3) is 0.951. The normalized spacial score (nSPS) is 13.8. The highest BCUT2D eigenvalue weighted by molar-refractivity contribution is 7.47.